The highest BCUT2D eigenvalue weighted by atomic mass is 35.5. The minimum absolute atomic E-state index is 0.0466. The second-order valence-electron chi connectivity index (χ2n) is 3.60. The van der Waals surface area contributed by atoms with Gasteiger partial charge in [-0.3, -0.25) is 10.2 Å². The van der Waals surface area contributed by atoms with Crippen LogP contribution in [-0.4, -0.2) is 5.91 Å². The minimum atomic E-state index is -0.534. The highest BCUT2D eigenvalue weighted by Gasteiger charge is 2.08. The molecule has 0 saturated heterocycles. The molecule has 0 radical (unpaired) electrons. The number of hydrogen-bond acceptors (Lipinski definition) is 4. The quantitative estimate of drug-likeness (QED) is 0.518. The monoisotopic (exact) mass is 300 g/mol. The number of amides is 1. The maximum Gasteiger partial charge on any atom is 0.275 e. The molecule has 0 atom stereocenters. The van der Waals surface area contributed by atoms with Crippen molar-refractivity contribution in [3.05, 3.63) is 50.9 Å². The molecule has 0 fully saturated rings. The molecule has 3 N–H and O–H groups in total. The molecular formula is C12H10ClFN2O2S. The van der Waals surface area contributed by atoms with Crippen molar-refractivity contribution >= 4 is 28.8 Å². The first-order valence-electron chi connectivity index (χ1n) is 5.27. The summed E-state index contributed by atoms with van der Waals surface area (Å²) in [4.78, 5) is 12.6. The van der Waals surface area contributed by atoms with Gasteiger partial charge in [0.1, 0.15) is 18.2 Å². The van der Waals surface area contributed by atoms with Gasteiger partial charge in [-0.1, -0.05) is 11.6 Å². The van der Waals surface area contributed by atoms with Crippen molar-refractivity contribution in [2.45, 2.75) is 6.61 Å². The first kappa shape index (κ1) is 13.8. The van der Waals surface area contributed by atoms with E-state index >= 15 is 0 Å². The average Bonchev–Trinajstić information content (AvgIpc) is 2.88. The number of halogens is 2. The molecule has 19 heavy (non-hydrogen) atoms. The molecule has 0 aliphatic rings. The van der Waals surface area contributed by atoms with Crippen molar-refractivity contribution in [2.75, 3.05) is 0 Å². The lowest BCUT2D eigenvalue weighted by Crippen LogP contribution is -2.29. The van der Waals surface area contributed by atoms with Crippen LogP contribution in [0.4, 0.5) is 4.39 Å². The molecule has 0 unspecified atom stereocenters. The van der Waals surface area contributed by atoms with Gasteiger partial charge in [-0.05, 0) is 24.3 Å². The Kier molecular flexibility index (Phi) is 4.36. The van der Waals surface area contributed by atoms with Gasteiger partial charge in [-0.25, -0.2) is 10.2 Å². The normalized spacial score (nSPS) is 10.3. The molecule has 0 saturated carbocycles. The summed E-state index contributed by atoms with van der Waals surface area (Å²) in [6.07, 6.45) is 0. The lowest BCUT2D eigenvalue weighted by molar-refractivity contribution is 0.0957. The molecular weight excluding hydrogens is 291 g/mol. The van der Waals surface area contributed by atoms with Crippen molar-refractivity contribution < 1.29 is 13.9 Å². The molecule has 1 aromatic heterocycles. The van der Waals surface area contributed by atoms with E-state index in [-0.39, 0.29) is 17.5 Å². The Morgan fingerprint density at radius 2 is 2.21 bits per heavy atom. The molecule has 1 heterocycles. The van der Waals surface area contributed by atoms with Crippen LogP contribution in [-0.2, 0) is 6.61 Å². The molecule has 1 amide bonds. The lowest BCUT2D eigenvalue weighted by atomic mass is 10.3. The van der Waals surface area contributed by atoms with Crippen LogP contribution < -0.4 is 16.0 Å². The number of benzene rings is 1. The number of rotatable bonds is 4. The van der Waals surface area contributed by atoms with Gasteiger partial charge in [0.2, 0.25) is 0 Å². The van der Waals surface area contributed by atoms with E-state index in [2.05, 4.69) is 0 Å². The van der Waals surface area contributed by atoms with Gasteiger partial charge in [-0.15, -0.1) is 11.3 Å². The van der Waals surface area contributed by atoms with Crippen LogP contribution in [0.3, 0.4) is 0 Å². The fourth-order valence-electron chi connectivity index (χ4n) is 1.37. The van der Waals surface area contributed by atoms with Gasteiger partial charge in [0.05, 0.1) is 9.90 Å². The van der Waals surface area contributed by atoms with Crippen molar-refractivity contribution in [1.82, 2.24) is 5.43 Å². The zero-order valence-electron chi connectivity index (χ0n) is 9.65. The SMILES string of the molecule is NNC(=O)c1ccc(COc2ccc(Cl)c(F)c2)s1. The van der Waals surface area contributed by atoms with Crippen molar-refractivity contribution in [2.24, 2.45) is 5.84 Å². The van der Waals surface area contributed by atoms with E-state index in [0.29, 0.717) is 10.6 Å². The van der Waals surface area contributed by atoms with E-state index in [0.717, 1.165) is 4.88 Å². The van der Waals surface area contributed by atoms with E-state index in [1.807, 2.05) is 5.43 Å². The summed E-state index contributed by atoms with van der Waals surface area (Å²) in [5.74, 6) is 4.52. The summed E-state index contributed by atoms with van der Waals surface area (Å²) in [5, 5.41) is 0.0466. The Labute approximate surface area is 117 Å². The molecule has 4 nitrogen and oxygen atoms in total. The van der Waals surface area contributed by atoms with E-state index in [9.17, 15) is 9.18 Å². The molecule has 2 aromatic rings. The van der Waals surface area contributed by atoms with E-state index in [1.54, 1.807) is 18.2 Å². The molecule has 0 aliphatic heterocycles. The van der Waals surface area contributed by atoms with Crippen molar-refractivity contribution in [3.8, 4) is 5.75 Å². The van der Waals surface area contributed by atoms with Crippen LogP contribution in [0.1, 0.15) is 14.5 Å². The molecule has 0 aliphatic carbocycles. The molecule has 2 rings (SSSR count). The zero-order chi connectivity index (χ0) is 13.8. The highest BCUT2D eigenvalue weighted by molar-refractivity contribution is 7.14. The van der Waals surface area contributed by atoms with E-state index in [4.69, 9.17) is 22.2 Å². The maximum atomic E-state index is 13.2. The van der Waals surface area contributed by atoms with E-state index < -0.39 is 5.82 Å². The van der Waals surface area contributed by atoms with Gasteiger partial charge in [0.25, 0.3) is 5.91 Å². The Hall–Kier alpha value is -1.63. The summed E-state index contributed by atoms with van der Waals surface area (Å²) in [7, 11) is 0. The minimum Gasteiger partial charge on any atom is -0.488 e. The number of carbonyl (C=O) groups excluding carboxylic acids is 1. The fraction of sp³-hybridized carbons (Fsp3) is 0.0833. The Morgan fingerprint density at radius 1 is 1.42 bits per heavy atom. The third-order valence-electron chi connectivity index (χ3n) is 2.29. The van der Waals surface area contributed by atoms with Gasteiger partial charge >= 0.3 is 0 Å². The highest BCUT2D eigenvalue weighted by Crippen LogP contribution is 2.23. The molecule has 100 valence electrons. The number of thiophene rings is 1. The number of carbonyl (C=O) groups is 1. The number of nitrogens with one attached hydrogen (secondary N) is 1. The second kappa shape index (κ2) is 6.01. The van der Waals surface area contributed by atoms with Crippen LogP contribution in [0.5, 0.6) is 5.75 Å². The van der Waals surface area contributed by atoms with Crippen molar-refractivity contribution in [3.63, 3.8) is 0 Å². The summed E-state index contributed by atoms with van der Waals surface area (Å²) in [5.41, 5.74) is 2.05. The predicted molar refractivity (Wildman–Crippen MR) is 71.7 cm³/mol. The largest absolute Gasteiger partial charge is 0.488 e. The summed E-state index contributed by atoms with van der Waals surface area (Å²) < 4.78 is 18.6. The third-order valence-corrected chi connectivity index (χ3v) is 3.65. The molecule has 1 aromatic carbocycles. The standard InChI is InChI=1S/C12H10ClFN2O2S/c13-9-3-1-7(5-10(9)14)18-6-8-2-4-11(19-8)12(17)16-15/h1-5H,6,15H2,(H,16,17). The van der Waals surface area contributed by atoms with Gasteiger partial charge < -0.3 is 4.74 Å². The van der Waals surface area contributed by atoms with Crippen LogP contribution in [0.25, 0.3) is 0 Å². The van der Waals surface area contributed by atoms with Gasteiger partial charge in [0, 0.05) is 10.9 Å². The second-order valence-corrected chi connectivity index (χ2v) is 5.18. The van der Waals surface area contributed by atoms with Crippen LogP contribution in [0.2, 0.25) is 5.02 Å². The van der Waals surface area contributed by atoms with Crippen molar-refractivity contribution in [1.29, 1.82) is 0 Å². The zero-order valence-corrected chi connectivity index (χ0v) is 11.2. The fourth-order valence-corrected chi connectivity index (χ4v) is 2.31. The van der Waals surface area contributed by atoms with E-state index in [1.165, 1.54) is 23.5 Å². The number of nitrogens with two attached hydrogens (primary N) is 1. The topological polar surface area (TPSA) is 64.3 Å². The molecule has 0 spiro atoms. The number of nitrogen functional groups attached to an aromatic ring is 1. The van der Waals surface area contributed by atoms with Crippen LogP contribution in [0, 0.1) is 5.82 Å². The predicted octanol–water partition coefficient (Wildman–Crippen LogP) is 2.72. The number of hydrogen-bond donors (Lipinski definition) is 2. The summed E-state index contributed by atoms with van der Waals surface area (Å²) in [6.45, 7) is 0.240. The van der Waals surface area contributed by atoms with Gasteiger partial charge in [0.15, 0.2) is 0 Å². The van der Waals surface area contributed by atoms with Crippen LogP contribution >= 0.6 is 22.9 Å². The maximum absolute atomic E-state index is 13.2. The average molecular weight is 301 g/mol. The Balaban J connectivity index is 2.00. The lowest BCUT2D eigenvalue weighted by Gasteiger charge is -2.05. The Bertz CT molecular complexity index is 603. The number of hydrazine groups is 1. The molecule has 0 bridgehead atoms. The molecule has 7 heteroatoms. The summed E-state index contributed by atoms with van der Waals surface area (Å²) in [6, 6.07) is 7.61. The third kappa shape index (κ3) is 3.44. The summed E-state index contributed by atoms with van der Waals surface area (Å²) >= 11 is 6.82. The first-order valence-corrected chi connectivity index (χ1v) is 6.47. The van der Waals surface area contributed by atoms with Gasteiger partial charge in [-0.2, -0.15) is 0 Å². The number of ether oxygens (including phenoxy) is 1. The first-order chi connectivity index (χ1) is 9.10. The van der Waals surface area contributed by atoms with Crippen LogP contribution in [0.15, 0.2) is 30.3 Å². The Morgan fingerprint density at radius 3 is 2.89 bits per heavy atom. The smallest absolute Gasteiger partial charge is 0.275 e.